The van der Waals surface area contributed by atoms with Gasteiger partial charge in [0, 0.05) is 12.6 Å². The minimum absolute atomic E-state index is 0.0137. The first-order chi connectivity index (χ1) is 9.13. The summed E-state index contributed by atoms with van der Waals surface area (Å²) in [6, 6.07) is 6.69. The fourth-order valence-electron chi connectivity index (χ4n) is 1.62. The molecule has 2 N–H and O–H groups in total. The first-order valence-electron chi connectivity index (χ1n) is 6.17. The van der Waals surface area contributed by atoms with Gasteiger partial charge < -0.3 is 15.4 Å². The second kappa shape index (κ2) is 6.47. The highest BCUT2D eigenvalue weighted by Gasteiger charge is 2.22. The molecule has 1 aromatic carbocycles. The van der Waals surface area contributed by atoms with Crippen LogP contribution in [0.3, 0.4) is 0 Å². The molecule has 4 nitrogen and oxygen atoms in total. The van der Waals surface area contributed by atoms with Crippen molar-refractivity contribution in [3.8, 4) is 5.75 Å². The van der Waals surface area contributed by atoms with Gasteiger partial charge in [0.2, 0.25) is 5.91 Å². The lowest BCUT2D eigenvalue weighted by molar-refractivity contribution is -0.120. The lowest BCUT2D eigenvalue weighted by atomic mass is 10.2. The Morgan fingerprint density at radius 2 is 2.00 bits per heavy atom. The zero-order valence-electron chi connectivity index (χ0n) is 10.4. The van der Waals surface area contributed by atoms with Gasteiger partial charge in [-0.25, -0.2) is 0 Å². The Morgan fingerprint density at radius 3 is 2.58 bits per heavy atom. The average molecular weight is 270 g/mol. The number of benzene rings is 1. The molecule has 0 heterocycles. The van der Waals surface area contributed by atoms with Crippen LogP contribution in [0.4, 0.5) is 8.78 Å². The van der Waals surface area contributed by atoms with Crippen molar-refractivity contribution < 1.29 is 18.3 Å². The minimum Gasteiger partial charge on any atom is -0.435 e. The molecule has 0 spiro atoms. The predicted molar refractivity (Wildman–Crippen MR) is 65.9 cm³/mol. The summed E-state index contributed by atoms with van der Waals surface area (Å²) < 4.78 is 28.1. The fraction of sp³-hybridized carbons (Fsp3) is 0.462. The lowest BCUT2D eigenvalue weighted by Gasteiger charge is -2.07. The maximum Gasteiger partial charge on any atom is 0.387 e. The van der Waals surface area contributed by atoms with E-state index in [2.05, 4.69) is 15.4 Å². The van der Waals surface area contributed by atoms with E-state index in [4.69, 9.17) is 0 Å². The Labute approximate surface area is 110 Å². The van der Waals surface area contributed by atoms with Crippen LogP contribution in [0.2, 0.25) is 0 Å². The molecule has 1 aliphatic rings. The smallest absolute Gasteiger partial charge is 0.387 e. The number of halogens is 2. The Morgan fingerprint density at radius 1 is 1.32 bits per heavy atom. The summed E-state index contributed by atoms with van der Waals surface area (Å²) in [5.41, 5.74) is 0.904. The summed E-state index contributed by atoms with van der Waals surface area (Å²) in [7, 11) is 0. The molecule has 6 heteroatoms. The molecule has 1 saturated carbocycles. The van der Waals surface area contributed by atoms with Crippen LogP contribution in [0, 0.1) is 0 Å². The molecule has 0 aliphatic heterocycles. The van der Waals surface area contributed by atoms with Crippen molar-refractivity contribution in [2.45, 2.75) is 32.0 Å². The van der Waals surface area contributed by atoms with E-state index in [1.54, 1.807) is 12.1 Å². The lowest BCUT2D eigenvalue weighted by Crippen LogP contribution is -2.34. The van der Waals surface area contributed by atoms with Crippen molar-refractivity contribution >= 4 is 5.91 Å². The Bertz CT molecular complexity index is 419. The molecule has 2 rings (SSSR count). The van der Waals surface area contributed by atoms with E-state index >= 15 is 0 Å². The van der Waals surface area contributed by atoms with Crippen molar-refractivity contribution in [3.63, 3.8) is 0 Å². The number of ether oxygens (including phenoxy) is 1. The van der Waals surface area contributed by atoms with E-state index < -0.39 is 6.61 Å². The van der Waals surface area contributed by atoms with E-state index in [1.165, 1.54) is 12.1 Å². The molecule has 0 atom stereocenters. The highest BCUT2D eigenvalue weighted by Crippen LogP contribution is 2.18. The molecule has 1 amide bonds. The van der Waals surface area contributed by atoms with Crippen LogP contribution in [-0.2, 0) is 11.3 Å². The van der Waals surface area contributed by atoms with Gasteiger partial charge in [-0.15, -0.1) is 0 Å². The van der Waals surface area contributed by atoms with Gasteiger partial charge in [-0.3, -0.25) is 4.79 Å². The molecular weight excluding hydrogens is 254 g/mol. The zero-order chi connectivity index (χ0) is 13.7. The topological polar surface area (TPSA) is 50.4 Å². The molecule has 1 aromatic rings. The maximum absolute atomic E-state index is 11.9. The summed E-state index contributed by atoms with van der Waals surface area (Å²) in [5, 5.41) is 5.86. The third-order valence-corrected chi connectivity index (χ3v) is 2.71. The number of rotatable bonds is 7. The van der Waals surface area contributed by atoms with E-state index in [1.807, 2.05) is 0 Å². The van der Waals surface area contributed by atoms with Gasteiger partial charge in [-0.2, -0.15) is 8.78 Å². The van der Waals surface area contributed by atoms with Crippen molar-refractivity contribution in [3.05, 3.63) is 29.8 Å². The summed E-state index contributed by atoms with van der Waals surface area (Å²) >= 11 is 0. The third-order valence-electron chi connectivity index (χ3n) is 2.71. The molecule has 1 aliphatic carbocycles. The van der Waals surface area contributed by atoms with Crippen LogP contribution in [0.5, 0.6) is 5.75 Å². The van der Waals surface area contributed by atoms with Crippen molar-refractivity contribution in [1.82, 2.24) is 10.6 Å². The third kappa shape index (κ3) is 5.21. The van der Waals surface area contributed by atoms with Gasteiger partial charge in [0.15, 0.2) is 0 Å². The van der Waals surface area contributed by atoms with Crippen LogP contribution < -0.4 is 15.4 Å². The van der Waals surface area contributed by atoms with Crippen LogP contribution in [-0.4, -0.2) is 25.1 Å². The van der Waals surface area contributed by atoms with Crippen LogP contribution in [0.1, 0.15) is 18.4 Å². The highest BCUT2D eigenvalue weighted by molar-refractivity contribution is 5.78. The number of carbonyl (C=O) groups excluding carboxylic acids is 1. The molecule has 104 valence electrons. The first kappa shape index (κ1) is 13.7. The van der Waals surface area contributed by atoms with Gasteiger partial charge >= 0.3 is 6.61 Å². The summed E-state index contributed by atoms with van der Waals surface area (Å²) in [5.74, 6) is 0.116. The molecule has 0 saturated heterocycles. The average Bonchev–Trinajstić information content (AvgIpc) is 3.14. The number of nitrogens with one attached hydrogen (secondary N) is 2. The Balaban J connectivity index is 1.68. The first-order valence-corrected chi connectivity index (χ1v) is 6.17. The minimum atomic E-state index is -2.81. The van der Waals surface area contributed by atoms with Gasteiger partial charge in [0.05, 0.1) is 6.54 Å². The number of alkyl halides is 2. The molecule has 19 heavy (non-hydrogen) atoms. The normalized spacial score (nSPS) is 14.5. The molecular formula is C13H16F2N2O2. The molecule has 1 fully saturated rings. The molecule has 0 radical (unpaired) electrons. The molecule has 0 unspecified atom stereocenters. The second-order valence-electron chi connectivity index (χ2n) is 4.47. The van der Waals surface area contributed by atoms with Gasteiger partial charge in [0.25, 0.3) is 0 Å². The quantitative estimate of drug-likeness (QED) is 0.792. The summed E-state index contributed by atoms with van der Waals surface area (Å²) in [6.45, 7) is -2.05. The monoisotopic (exact) mass is 270 g/mol. The highest BCUT2D eigenvalue weighted by atomic mass is 19.3. The number of hydrogen-bond acceptors (Lipinski definition) is 3. The largest absolute Gasteiger partial charge is 0.435 e. The molecule has 0 aromatic heterocycles. The number of amides is 1. The Hall–Kier alpha value is -1.69. The van der Waals surface area contributed by atoms with Crippen molar-refractivity contribution in [2.24, 2.45) is 0 Å². The van der Waals surface area contributed by atoms with Crippen molar-refractivity contribution in [1.29, 1.82) is 0 Å². The zero-order valence-corrected chi connectivity index (χ0v) is 10.4. The van der Waals surface area contributed by atoms with Gasteiger partial charge in [0.1, 0.15) is 5.75 Å². The summed E-state index contributed by atoms with van der Waals surface area (Å²) in [4.78, 5) is 11.4. The number of carbonyl (C=O) groups is 1. The number of hydrogen-bond donors (Lipinski definition) is 2. The van der Waals surface area contributed by atoms with Crippen LogP contribution in [0.15, 0.2) is 24.3 Å². The fourth-order valence-corrected chi connectivity index (χ4v) is 1.62. The SMILES string of the molecule is O=C(CNCc1ccc(OC(F)F)cc1)NC1CC1. The van der Waals surface area contributed by atoms with E-state index in [0.717, 1.165) is 18.4 Å². The van der Waals surface area contributed by atoms with Crippen LogP contribution in [0.25, 0.3) is 0 Å². The van der Waals surface area contributed by atoms with Crippen LogP contribution >= 0.6 is 0 Å². The van der Waals surface area contributed by atoms with Gasteiger partial charge in [-0.1, -0.05) is 12.1 Å². The standard InChI is InChI=1S/C13H16F2N2O2/c14-13(15)19-11-5-1-9(2-6-11)7-16-8-12(18)17-10-3-4-10/h1-2,5-6,10,13,16H,3-4,7-8H2,(H,17,18). The predicted octanol–water partition coefficient (Wildman–Crippen LogP) is 1.66. The van der Waals surface area contributed by atoms with Crippen molar-refractivity contribution in [2.75, 3.05) is 6.54 Å². The van der Waals surface area contributed by atoms with Gasteiger partial charge in [-0.05, 0) is 30.5 Å². The van der Waals surface area contributed by atoms with E-state index in [0.29, 0.717) is 12.6 Å². The maximum atomic E-state index is 11.9. The summed E-state index contributed by atoms with van der Waals surface area (Å²) in [6.07, 6.45) is 2.13. The van der Waals surface area contributed by atoms with E-state index in [9.17, 15) is 13.6 Å². The second-order valence-corrected chi connectivity index (χ2v) is 4.47. The Kier molecular flexibility index (Phi) is 4.68. The molecule has 0 bridgehead atoms. The van der Waals surface area contributed by atoms with E-state index in [-0.39, 0.29) is 18.2 Å².